The van der Waals surface area contributed by atoms with Gasteiger partial charge < -0.3 is 4.90 Å². The van der Waals surface area contributed by atoms with Gasteiger partial charge in [-0.2, -0.15) is 0 Å². The minimum atomic E-state index is -3.19. The maximum absolute atomic E-state index is 12.3. The van der Waals surface area contributed by atoms with Crippen molar-refractivity contribution in [2.45, 2.75) is 26.0 Å². The third-order valence-electron chi connectivity index (χ3n) is 3.62. The summed E-state index contributed by atoms with van der Waals surface area (Å²) >= 11 is 5.86. The topological polar surface area (TPSA) is 37.4 Å². The molecule has 2 rings (SSSR count). The molecule has 0 aromatic heterocycles. The van der Waals surface area contributed by atoms with E-state index in [1.165, 1.54) is 0 Å². The summed E-state index contributed by atoms with van der Waals surface area (Å²) in [5.74, 6) is 0. The standard InChI is InChI=1S/C14H18ClNO2S/c1-4-16(5-2)13-10(3)19(17,18)14(13)11-6-8-12(15)9-7-11/h6-9,14H,4-5H2,1-3H3. The fourth-order valence-corrected chi connectivity index (χ4v) is 4.49. The Kier molecular flexibility index (Phi) is 3.92. The number of sulfone groups is 1. The van der Waals surface area contributed by atoms with Gasteiger partial charge in [0.25, 0.3) is 0 Å². The van der Waals surface area contributed by atoms with Gasteiger partial charge in [0, 0.05) is 18.1 Å². The Bertz CT molecular complexity index is 601. The van der Waals surface area contributed by atoms with Crippen molar-refractivity contribution in [2.75, 3.05) is 13.1 Å². The molecule has 0 radical (unpaired) electrons. The average molecular weight is 300 g/mol. The normalized spacial score (nSPS) is 21.2. The van der Waals surface area contributed by atoms with Crippen LogP contribution >= 0.6 is 11.6 Å². The van der Waals surface area contributed by atoms with Crippen molar-refractivity contribution in [3.63, 3.8) is 0 Å². The predicted molar refractivity (Wildman–Crippen MR) is 78.7 cm³/mol. The van der Waals surface area contributed by atoms with Crippen LogP contribution in [0, 0.1) is 0 Å². The van der Waals surface area contributed by atoms with Gasteiger partial charge in [0.15, 0.2) is 9.84 Å². The first-order valence-corrected chi connectivity index (χ1v) is 8.31. The van der Waals surface area contributed by atoms with E-state index in [-0.39, 0.29) is 0 Å². The lowest BCUT2D eigenvalue weighted by Crippen LogP contribution is -2.38. The number of hydrogen-bond donors (Lipinski definition) is 0. The second-order valence-corrected chi connectivity index (χ2v) is 7.20. The summed E-state index contributed by atoms with van der Waals surface area (Å²) in [7, 11) is -3.19. The molecule has 0 N–H and O–H groups in total. The number of rotatable bonds is 4. The third-order valence-corrected chi connectivity index (χ3v) is 6.05. The van der Waals surface area contributed by atoms with E-state index in [0.717, 1.165) is 24.4 Å². The molecule has 1 heterocycles. The van der Waals surface area contributed by atoms with Crippen LogP contribution in [0.2, 0.25) is 5.02 Å². The van der Waals surface area contributed by atoms with Crippen molar-refractivity contribution in [3.8, 4) is 0 Å². The fourth-order valence-electron chi connectivity index (χ4n) is 2.52. The molecule has 0 fully saturated rings. The monoisotopic (exact) mass is 299 g/mol. The first-order valence-electron chi connectivity index (χ1n) is 6.38. The van der Waals surface area contributed by atoms with Crippen molar-refractivity contribution in [1.29, 1.82) is 0 Å². The van der Waals surface area contributed by atoms with E-state index in [9.17, 15) is 8.42 Å². The molecule has 0 spiro atoms. The van der Waals surface area contributed by atoms with Gasteiger partial charge in [-0.25, -0.2) is 8.42 Å². The Morgan fingerprint density at radius 1 is 1.16 bits per heavy atom. The zero-order chi connectivity index (χ0) is 14.2. The van der Waals surface area contributed by atoms with Gasteiger partial charge in [0.05, 0.1) is 10.6 Å². The number of nitrogens with zero attached hydrogens (tertiary/aromatic N) is 1. The summed E-state index contributed by atoms with van der Waals surface area (Å²) in [6.45, 7) is 7.38. The molecule has 1 aromatic rings. The highest BCUT2D eigenvalue weighted by Crippen LogP contribution is 2.47. The van der Waals surface area contributed by atoms with Gasteiger partial charge in [0.1, 0.15) is 5.25 Å². The van der Waals surface area contributed by atoms with E-state index < -0.39 is 15.1 Å². The van der Waals surface area contributed by atoms with E-state index in [0.29, 0.717) is 9.93 Å². The third kappa shape index (κ3) is 2.28. The van der Waals surface area contributed by atoms with Crippen LogP contribution in [0.25, 0.3) is 0 Å². The van der Waals surface area contributed by atoms with Crippen molar-refractivity contribution in [1.82, 2.24) is 4.90 Å². The molecule has 19 heavy (non-hydrogen) atoms. The molecule has 0 amide bonds. The zero-order valence-electron chi connectivity index (χ0n) is 11.4. The van der Waals surface area contributed by atoms with Crippen molar-refractivity contribution in [2.24, 2.45) is 0 Å². The van der Waals surface area contributed by atoms with Gasteiger partial charge in [-0.3, -0.25) is 0 Å². The van der Waals surface area contributed by atoms with Crippen LogP contribution in [0.15, 0.2) is 34.9 Å². The van der Waals surface area contributed by atoms with E-state index in [1.54, 1.807) is 31.2 Å². The van der Waals surface area contributed by atoms with Crippen molar-refractivity contribution in [3.05, 3.63) is 45.5 Å². The van der Waals surface area contributed by atoms with Crippen molar-refractivity contribution >= 4 is 21.4 Å². The fraction of sp³-hybridized carbons (Fsp3) is 0.429. The first kappa shape index (κ1) is 14.4. The molecule has 3 nitrogen and oxygen atoms in total. The smallest absolute Gasteiger partial charge is 0.188 e. The number of hydrogen-bond acceptors (Lipinski definition) is 3. The lowest BCUT2D eigenvalue weighted by Gasteiger charge is -2.39. The van der Waals surface area contributed by atoms with Gasteiger partial charge in [0.2, 0.25) is 0 Å². The van der Waals surface area contributed by atoms with E-state index >= 15 is 0 Å². The highest BCUT2D eigenvalue weighted by molar-refractivity contribution is 7.97. The van der Waals surface area contributed by atoms with Crippen LogP contribution in [-0.2, 0) is 9.84 Å². The molecule has 5 heteroatoms. The highest BCUT2D eigenvalue weighted by Gasteiger charge is 2.46. The van der Waals surface area contributed by atoms with Crippen LogP contribution in [0.5, 0.6) is 0 Å². The van der Waals surface area contributed by atoms with Gasteiger partial charge in [-0.1, -0.05) is 23.7 Å². The number of allylic oxidation sites excluding steroid dienone is 1. The SMILES string of the molecule is CCN(CC)C1=C(C)S(=O)(=O)C1c1ccc(Cl)cc1. The van der Waals surface area contributed by atoms with Crippen LogP contribution in [-0.4, -0.2) is 26.4 Å². The summed E-state index contributed by atoms with van der Waals surface area (Å²) in [6, 6.07) is 7.06. The van der Waals surface area contributed by atoms with Crippen LogP contribution in [0.1, 0.15) is 31.6 Å². The Morgan fingerprint density at radius 2 is 1.68 bits per heavy atom. The quantitative estimate of drug-likeness (QED) is 0.855. The second-order valence-electron chi connectivity index (χ2n) is 4.59. The molecule has 1 aliphatic rings. The van der Waals surface area contributed by atoms with Gasteiger partial charge in [-0.15, -0.1) is 0 Å². The molecular weight excluding hydrogens is 282 g/mol. The summed E-state index contributed by atoms with van der Waals surface area (Å²) in [6.07, 6.45) is 0. The predicted octanol–water partition coefficient (Wildman–Crippen LogP) is 3.38. The first-order chi connectivity index (χ1) is 8.93. The average Bonchev–Trinajstić information content (AvgIpc) is 2.40. The Hall–Kier alpha value is -1.00. The zero-order valence-corrected chi connectivity index (χ0v) is 12.9. The lowest BCUT2D eigenvalue weighted by atomic mass is 10.1. The molecule has 1 atom stereocenters. The van der Waals surface area contributed by atoms with Crippen molar-refractivity contribution < 1.29 is 8.42 Å². The summed E-state index contributed by atoms with van der Waals surface area (Å²) in [4.78, 5) is 2.60. The maximum atomic E-state index is 12.3. The van der Waals surface area contributed by atoms with Gasteiger partial charge >= 0.3 is 0 Å². The highest BCUT2D eigenvalue weighted by atomic mass is 35.5. The van der Waals surface area contributed by atoms with E-state index in [4.69, 9.17) is 11.6 Å². The minimum Gasteiger partial charge on any atom is -0.373 e. The van der Waals surface area contributed by atoms with E-state index in [2.05, 4.69) is 4.90 Å². The summed E-state index contributed by atoms with van der Waals surface area (Å²) in [5, 5.41) is 0.0789. The number of benzene rings is 1. The molecule has 1 aliphatic heterocycles. The number of halogens is 1. The molecular formula is C14H18ClNO2S. The summed E-state index contributed by atoms with van der Waals surface area (Å²) in [5.41, 5.74) is 1.71. The largest absolute Gasteiger partial charge is 0.373 e. The maximum Gasteiger partial charge on any atom is 0.188 e. The lowest BCUT2D eigenvalue weighted by molar-refractivity contribution is 0.359. The van der Waals surface area contributed by atoms with E-state index in [1.807, 2.05) is 13.8 Å². The van der Waals surface area contributed by atoms with Gasteiger partial charge in [-0.05, 0) is 38.5 Å². The second kappa shape index (κ2) is 5.17. The van der Waals surface area contributed by atoms with Crippen LogP contribution < -0.4 is 0 Å². The molecule has 0 saturated heterocycles. The Balaban J connectivity index is 2.48. The molecule has 1 unspecified atom stereocenters. The number of likely N-dealkylation sites (N-methyl/N-ethyl adjacent to an activating group) is 1. The minimum absolute atomic E-state index is 0.496. The molecule has 0 saturated carbocycles. The molecule has 0 bridgehead atoms. The molecule has 0 aliphatic carbocycles. The van der Waals surface area contributed by atoms with Crippen LogP contribution in [0.3, 0.4) is 0 Å². The van der Waals surface area contributed by atoms with Crippen LogP contribution in [0.4, 0.5) is 0 Å². The molecule has 104 valence electrons. The Morgan fingerprint density at radius 3 is 2.16 bits per heavy atom. The summed E-state index contributed by atoms with van der Waals surface area (Å²) < 4.78 is 24.5. The molecule has 1 aromatic carbocycles. The Labute approximate surface area is 119 Å².